The SMILES string of the molecule is C=NN(Cc1ccccc1F)/C(C)=C(\C)C1=C(C)C(c2c(F)cccc2Cl)=NOC1.CC(F)F.CCOC(C)=O. The number of hydrazone groups is 1. The molecule has 1 aliphatic rings. The van der Waals surface area contributed by atoms with Crippen LogP contribution in [0.4, 0.5) is 17.6 Å². The third-order valence-electron chi connectivity index (χ3n) is 5.55. The fourth-order valence-corrected chi connectivity index (χ4v) is 3.76. The van der Waals surface area contributed by atoms with Crippen molar-refractivity contribution in [2.75, 3.05) is 13.2 Å². The van der Waals surface area contributed by atoms with Crippen molar-refractivity contribution in [2.45, 2.75) is 54.5 Å². The molecule has 0 amide bonds. The van der Waals surface area contributed by atoms with Crippen LogP contribution in [0, 0.1) is 11.6 Å². The minimum Gasteiger partial charge on any atom is -0.466 e. The van der Waals surface area contributed by atoms with Gasteiger partial charge in [-0.2, -0.15) is 5.10 Å². The summed E-state index contributed by atoms with van der Waals surface area (Å²) in [6.07, 6.45) is -2.17. The van der Waals surface area contributed by atoms with Gasteiger partial charge in [0.2, 0.25) is 6.43 Å². The summed E-state index contributed by atoms with van der Waals surface area (Å²) in [6.45, 7) is 14.2. The molecule has 0 unspecified atom stereocenters. The van der Waals surface area contributed by atoms with Crippen LogP contribution in [0.25, 0.3) is 0 Å². The topological polar surface area (TPSA) is 63.5 Å². The van der Waals surface area contributed by atoms with Crippen LogP contribution in [0.3, 0.4) is 0 Å². The van der Waals surface area contributed by atoms with Crippen LogP contribution in [-0.4, -0.2) is 43.0 Å². The van der Waals surface area contributed by atoms with Crippen molar-refractivity contribution in [2.24, 2.45) is 10.3 Å². The Morgan fingerprint density at radius 1 is 1.15 bits per heavy atom. The maximum Gasteiger partial charge on any atom is 0.302 e. The van der Waals surface area contributed by atoms with Crippen molar-refractivity contribution in [1.82, 2.24) is 5.01 Å². The summed E-state index contributed by atoms with van der Waals surface area (Å²) in [5.41, 5.74) is 4.26. The van der Waals surface area contributed by atoms with E-state index in [0.717, 1.165) is 29.3 Å². The zero-order valence-electron chi connectivity index (χ0n) is 23.4. The molecule has 0 saturated heterocycles. The Balaban J connectivity index is 0.000000686. The second-order valence-corrected chi connectivity index (χ2v) is 8.77. The Morgan fingerprint density at radius 3 is 2.25 bits per heavy atom. The number of ether oxygens (including phenoxy) is 1. The van der Waals surface area contributed by atoms with E-state index in [9.17, 15) is 22.4 Å². The molecule has 0 aliphatic carbocycles. The van der Waals surface area contributed by atoms with Gasteiger partial charge in [-0.15, -0.1) is 0 Å². The van der Waals surface area contributed by atoms with E-state index in [1.54, 1.807) is 36.2 Å². The average Bonchev–Trinajstić information content (AvgIpc) is 2.88. The maximum absolute atomic E-state index is 14.4. The molecular weight excluding hydrogens is 550 g/mol. The molecule has 1 aliphatic heterocycles. The van der Waals surface area contributed by atoms with Crippen molar-refractivity contribution in [3.05, 3.63) is 92.7 Å². The van der Waals surface area contributed by atoms with E-state index in [4.69, 9.17) is 16.4 Å². The maximum atomic E-state index is 14.4. The van der Waals surface area contributed by atoms with Crippen molar-refractivity contribution in [1.29, 1.82) is 0 Å². The summed E-state index contributed by atoms with van der Waals surface area (Å²) >= 11 is 6.22. The highest BCUT2D eigenvalue weighted by Crippen LogP contribution is 2.30. The van der Waals surface area contributed by atoms with E-state index in [1.807, 2.05) is 20.8 Å². The second kappa shape index (κ2) is 17.1. The number of hydrogen-bond donors (Lipinski definition) is 0. The van der Waals surface area contributed by atoms with Crippen LogP contribution in [0.2, 0.25) is 5.02 Å². The van der Waals surface area contributed by atoms with Gasteiger partial charge in [0.25, 0.3) is 0 Å². The zero-order valence-corrected chi connectivity index (χ0v) is 24.2. The summed E-state index contributed by atoms with van der Waals surface area (Å²) in [5.74, 6) is -0.994. The Hall–Kier alpha value is -3.66. The van der Waals surface area contributed by atoms with E-state index in [2.05, 4.69) is 21.7 Å². The molecule has 0 fully saturated rings. The van der Waals surface area contributed by atoms with E-state index >= 15 is 0 Å². The first kappa shape index (κ1) is 34.4. The van der Waals surface area contributed by atoms with E-state index < -0.39 is 12.2 Å². The fraction of sp³-hybridized carbons (Fsp3) is 0.345. The van der Waals surface area contributed by atoms with Crippen molar-refractivity contribution in [3.63, 3.8) is 0 Å². The Bertz CT molecular complexity index is 1240. The van der Waals surface area contributed by atoms with Crippen LogP contribution in [0.5, 0.6) is 0 Å². The van der Waals surface area contributed by atoms with E-state index in [0.29, 0.717) is 17.9 Å². The smallest absolute Gasteiger partial charge is 0.302 e. The van der Waals surface area contributed by atoms with Crippen LogP contribution in [0.1, 0.15) is 52.7 Å². The van der Waals surface area contributed by atoms with Gasteiger partial charge in [0, 0.05) is 30.5 Å². The molecule has 1 heterocycles. The molecule has 0 aromatic heterocycles. The van der Waals surface area contributed by atoms with Gasteiger partial charge in [0.15, 0.2) is 0 Å². The molecule has 3 rings (SSSR count). The molecule has 0 bridgehead atoms. The van der Waals surface area contributed by atoms with Crippen LogP contribution in [0.15, 0.2) is 75.1 Å². The lowest BCUT2D eigenvalue weighted by molar-refractivity contribution is -0.140. The molecule has 218 valence electrons. The third kappa shape index (κ3) is 10.5. The molecule has 0 atom stereocenters. The lowest BCUT2D eigenvalue weighted by Gasteiger charge is -2.25. The number of oxime groups is 1. The summed E-state index contributed by atoms with van der Waals surface area (Å²) in [4.78, 5) is 15.2. The summed E-state index contributed by atoms with van der Waals surface area (Å²) < 4.78 is 53.6. The van der Waals surface area contributed by atoms with Gasteiger partial charge in [0.05, 0.1) is 23.7 Å². The van der Waals surface area contributed by atoms with Gasteiger partial charge in [-0.25, -0.2) is 17.6 Å². The number of carbonyl (C=O) groups is 1. The Morgan fingerprint density at radius 2 is 1.75 bits per heavy atom. The van der Waals surface area contributed by atoms with Gasteiger partial charge >= 0.3 is 5.97 Å². The number of rotatable bonds is 7. The third-order valence-corrected chi connectivity index (χ3v) is 5.87. The predicted molar refractivity (Wildman–Crippen MR) is 150 cm³/mol. The number of nitrogens with zero attached hydrogens (tertiary/aromatic N) is 3. The minimum absolute atomic E-state index is 0.198. The molecular formula is C29H34ClF4N3O3. The summed E-state index contributed by atoms with van der Waals surface area (Å²) in [6, 6.07) is 11.0. The van der Waals surface area contributed by atoms with Gasteiger partial charge in [-0.05, 0) is 64.0 Å². The van der Waals surface area contributed by atoms with Crippen LogP contribution in [-0.2, 0) is 20.9 Å². The lowest BCUT2D eigenvalue weighted by Crippen LogP contribution is -2.21. The minimum atomic E-state index is -2.17. The molecule has 40 heavy (non-hydrogen) atoms. The van der Waals surface area contributed by atoms with Crippen molar-refractivity contribution >= 4 is 30.0 Å². The first-order valence-electron chi connectivity index (χ1n) is 12.3. The zero-order chi connectivity index (χ0) is 30.4. The fourth-order valence-electron chi connectivity index (χ4n) is 3.51. The quantitative estimate of drug-likeness (QED) is 0.144. The normalized spacial score (nSPS) is 13.1. The number of alkyl halides is 2. The molecule has 0 radical (unpaired) electrons. The molecule has 0 N–H and O–H groups in total. The number of esters is 1. The average molecular weight is 584 g/mol. The Labute approximate surface area is 237 Å². The number of carbonyl (C=O) groups excluding carboxylic acids is 1. The van der Waals surface area contributed by atoms with Crippen molar-refractivity contribution in [3.8, 4) is 0 Å². The molecule has 0 saturated carbocycles. The molecule has 11 heteroatoms. The number of halogens is 5. The second-order valence-electron chi connectivity index (χ2n) is 8.36. The first-order chi connectivity index (χ1) is 18.8. The summed E-state index contributed by atoms with van der Waals surface area (Å²) in [5, 5.41) is 9.98. The Kier molecular flexibility index (Phi) is 14.7. The highest BCUT2D eigenvalue weighted by molar-refractivity contribution is 6.35. The summed E-state index contributed by atoms with van der Waals surface area (Å²) in [7, 11) is 0. The number of allylic oxidation sites excluding steroid dienone is 2. The van der Waals surface area contributed by atoms with Gasteiger partial charge in [-0.1, -0.05) is 41.0 Å². The predicted octanol–water partition coefficient (Wildman–Crippen LogP) is 7.92. The monoisotopic (exact) mass is 583 g/mol. The largest absolute Gasteiger partial charge is 0.466 e. The van der Waals surface area contributed by atoms with E-state index in [1.165, 1.54) is 25.1 Å². The van der Waals surface area contributed by atoms with Gasteiger partial charge in [-0.3, -0.25) is 9.80 Å². The number of hydrogen-bond acceptors (Lipinski definition) is 6. The molecule has 2 aromatic rings. The van der Waals surface area contributed by atoms with Crippen LogP contribution >= 0.6 is 11.6 Å². The van der Waals surface area contributed by atoms with Crippen molar-refractivity contribution < 1.29 is 31.9 Å². The highest BCUT2D eigenvalue weighted by Gasteiger charge is 2.24. The molecule has 2 aromatic carbocycles. The van der Waals surface area contributed by atoms with Gasteiger partial charge in [0.1, 0.15) is 24.0 Å². The van der Waals surface area contributed by atoms with Gasteiger partial charge < -0.3 is 9.57 Å². The molecule has 0 spiro atoms. The first-order valence-corrected chi connectivity index (χ1v) is 12.6. The van der Waals surface area contributed by atoms with E-state index in [-0.39, 0.29) is 35.5 Å². The highest BCUT2D eigenvalue weighted by atomic mass is 35.5. The lowest BCUT2D eigenvalue weighted by atomic mass is 9.93. The van der Waals surface area contributed by atoms with Crippen LogP contribution < -0.4 is 0 Å². The standard InChI is InChI=1S/C23H22ClF2N3O.C4H8O2.C2H4F2/c1-14(16(3)29(27-4)12-17-8-5-6-10-20(17)25)18-13-30-28-23(15(18)2)22-19(24)9-7-11-21(22)26;1-3-6-4(2)5;1-2(3)4/h5-11H,4,12-13H2,1-3H3;3H2,1-2H3;2H,1H3/b16-14+;;. The molecule has 6 nitrogen and oxygen atoms in total. The number of benzene rings is 2.